The number of benzene rings is 2. The van der Waals surface area contributed by atoms with Crippen LogP contribution >= 0.6 is 0 Å². The fourth-order valence-electron chi connectivity index (χ4n) is 4.08. The van der Waals surface area contributed by atoms with Crippen LogP contribution in [0.25, 0.3) is 0 Å². The van der Waals surface area contributed by atoms with Gasteiger partial charge in [0, 0.05) is 5.69 Å². The Hall–Kier alpha value is -2.38. The van der Waals surface area contributed by atoms with E-state index in [0.717, 1.165) is 49.8 Å². The minimum absolute atomic E-state index is 0.259. The Kier molecular flexibility index (Phi) is 4.65. The van der Waals surface area contributed by atoms with Crippen LogP contribution < -0.4 is 10.0 Å². The minimum atomic E-state index is -3.45. The van der Waals surface area contributed by atoms with E-state index in [9.17, 15) is 14.2 Å². The molecular weight excluding hydrogens is 362 g/mol. The van der Waals surface area contributed by atoms with Gasteiger partial charge in [-0.1, -0.05) is 28.3 Å². The first-order valence-electron chi connectivity index (χ1n) is 9.22. The van der Waals surface area contributed by atoms with E-state index in [2.05, 4.69) is 20.6 Å². The molecule has 0 aromatic heterocycles. The quantitative estimate of drug-likeness (QED) is 0.699. The van der Waals surface area contributed by atoms with Crippen molar-refractivity contribution in [3.05, 3.63) is 58.1 Å². The van der Waals surface area contributed by atoms with Crippen LogP contribution in [-0.4, -0.2) is 15.4 Å². The van der Waals surface area contributed by atoms with E-state index in [0.29, 0.717) is 0 Å². The van der Waals surface area contributed by atoms with Crippen molar-refractivity contribution in [1.29, 1.82) is 0 Å². The van der Waals surface area contributed by atoms with Gasteiger partial charge in [0.2, 0.25) is 0 Å². The number of amides is 2. The Morgan fingerprint density at radius 1 is 1.04 bits per heavy atom. The topological polar surface area (TPSA) is 90.8 Å². The molecule has 2 aromatic rings. The molecule has 2 aliphatic rings. The number of hydrogen-bond donors (Lipinski definition) is 3. The molecule has 0 radical (unpaired) electrons. The molecule has 0 heterocycles. The van der Waals surface area contributed by atoms with Gasteiger partial charge in [0.25, 0.3) is 0 Å². The second kappa shape index (κ2) is 6.98. The van der Waals surface area contributed by atoms with Crippen molar-refractivity contribution in [3.8, 4) is 0 Å². The third kappa shape index (κ3) is 3.33. The Balaban J connectivity index is 1.62. The molecular formula is C20H23N3O3S. The molecule has 2 aromatic carbocycles. The first kappa shape index (κ1) is 18.0. The molecule has 0 aliphatic heterocycles. The van der Waals surface area contributed by atoms with Gasteiger partial charge in [-0.15, -0.1) is 0 Å². The SMILES string of the molecule is Cc1ccc(S(=O)(=NO)NC(=O)Nc2c3c(cc4c2CCC4)CCC3)cc1. The highest BCUT2D eigenvalue weighted by Crippen LogP contribution is 2.38. The van der Waals surface area contributed by atoms with Gasteiger partial charge in [-0.2, -0.15) is 0 Å². The van der Waals surface area contributed by atoms with E-state index in [1.807, 2.05) is 6.92 Å². The van der Waals surface area contributed by atoms with E-state index >= 15 is 0 Å². The van der Waals surface area contributed by atoms with Crippen LogP contribution in [0, 0.1) is 6.92 Å². The van der Waals surface area contributed by atoms with Crippen LogP contribution in [0.4, 0.5) is 10.5 Å². The largest absolute Gasteiger partial charge is 0.332 e. The van der Waals surface area contributed by atoms with Crippen molar-refractivity contribution in [1.82, 2.24) is 4.72 Å². The highest BCUT2D eigenvalue weighted by molar-refractivity contribution is 7.92. The maximum atomic E-state index is 12.9. The Morgan fingerprint density at radius 2 is 1.63 bits per heavy atom. The molecule has 1 unspecified atom stereocenters. The molecule has 6 nitrogen and oxygen atoms in total. The number of carbonyl (C=O) groups is 1. The average Bonchev–Trinajstić information content (AvgIpc) is 3.31. The maximum absolute atomic E-state index is 12.9. The normalized spacial score (nSPS) is 17.0. The molecule has 0 bridgehead atoms. The summed E-state index contributed by atoms with van der Waals surface area (Å²) in [5, 5.41) is 12.3. The summed E-state index contributed by atoms with van der Waals surface area (Å²) in [6, 6.07) is 8.37. The Labute approximate surface area is 159 Å². The zero-order chi connectivity index (χ0) is 19.0. The predicted octanol–water partition coefficient (Wildman–Crippen LogP) is 3.93. The molecule has 0 spiro atoms. The van der Waals surface area contributed by atoms with Crippen molar-refractivity contribution in [2.45, 2.75) is 50.3 Å². The molecule has 7 heteroatoms. The van der Waals surface area contributed by atoms with Gasteiger partial charge in [0.15, 0.2) is 9.92 Å². The molecule has 2 aliphatic carbocycles. The first-order valence-corrected chi connectivity index (χ1v) is 10.7. The highest BCUT2D eigenvalue weighted by atomic mass is 32.2. The van der Waals surface area contributed by atoms with Crippen LogP contribution in [0.5, 0.6) is 0 Å². The van der Waals surface area contributed by atoms with Gasteiger partial charge in [-0.25, -0.2) is 13.7 Å². The summed E-state index contributed by atoms with van der Waals surface area (Å²) in [7, 11) is -3.45. The second-order valence-corrected chi connectivity index (χ2v) is 9.10. The van der Waals surface area contributed by atoms with Crippen molar-refractivity contribution in [3.63, 3.8) is 0 Å². The summed E-state index contributed by atoms with van der Waals surface area (Å²) in [6.45, 7) is 1.90. The third-order valence-electron chi connectivity index (χ3n) is 5.40. The summed E-state index contributed by atoms with van der Waals surface area (Å²) < 4.78 is 18.3. The Bertz CT molecular complexity index is 990. The monoisotopic (exact) mass is 385 g/mol. The van der Waals surface area contributed by atoms with Crippen molar-refractivity contribution in [2.75, 3.05) is 5.32 Å². The van der Waals surface area contributed by atoms with Crippen molar-refractivity contribution >= 4 is 21.6 Å². The molecule has 3 N–H and O–H groups in total. The van der Waals surface area contributed by atoms with E-state index < -0.39 is 15.9 Å². The molecule has 27 heavy (non-hydrogen) atoms. The lowest BCUT2D eigenvalue weighted by molar-refractivity contribution is 0.256. The molecule has 0 saturated heterocycles. The number of nitrogens with one attached hydrogen (secondary N) is 2. The smallest absolute Gasteiger partial charge is 0.307 e. The number of rotatable bonds is 3. The fourth-order valence-corrected chi connectivity index (χ4v) is 5.14. The number of hydrogen-bond acceptors (Lipinski definition) is 3. The number of nitrogens with zero attached hydrogens (tertiary/aromatic N) is 1. The second-order valence-electron chi connectivity index (χ2n) is 7.21. The number of urea groups is 1. The Morgan fingerprint density at radius 3 is 2.19 bits per heavy atom. The van der Waals surface area contributed by atoms with Crippen molar-refractivity contribution < 1.29 is 14.2 Å². The van der Waals surface area contributed by atoms with E-state index in [1.54, 1.807) is 24.3 Å². The molecule has 0 fully saturated rings. The first-order chi connectivity index (χ1) is 13.0. The van der Waals surface area contributed by atoms with Crippen LogP contribution in [-0.2, 0) is 35.6 Å². The standard InChI is InChI=1S/C20H23N3O3S/c1-13-8-10-16(11-9-13)27(26,23-25)22-20(24)21-19-17-6-2-4-14(17)12-15-5-3-7-18(15)19/h8-12,25H,2-7H2,1H3,(H2,21,22,23,24,26). The minimum Gasteiger partial charge on any atom is -0.307 e. The van der Waals surface area contributed by atoms with Crippen LogP contribution in [0.3, 0.4) is 0 Å². The summed E-state index contributed by atoms with van der Waals surface area (Å²) in [5.74, 6) is 0. The molecule has 142 valence electrons. The lowest BCUT2D eigenvalue weighted by atomic mass is 9.99. The number of aryl methyl sites for hydroxylation is 3. The number of anilines is 1. The van der Waals surface area contributed by atoms with Gasteiger partial charge >= 0.3 is 6.03 Å². The summed E-state index contributed by atoms with van der Waals surface area (Å²) >= 11 is 0. The maximum Gasteiger partial charge on any atom is 0.332 e. The van der Waals surface area contributed by atoms with Gasteiger partial charge in [0.05, 0.1) is 4.90 Å². The summed E-state index contributed by atoms with van der Waals surface area (Å²) in [5.41, 5.74) is 6.83. The molecule has 4 rings (SSSR count). The molecule has 1 atom stereocenters. The lowest BCUT2D eigenvalue weighted by Crippen LogP contribution is -2.34. The van der Waals surface area contributed by atoms with E-state index in [4.69, 9.17) is 0 Å². The predicted molar refractivity (Wildman–Crippen MR) is 104 cm³/mol. The summed E-state index contributed by atoms with van der Waals surface area (Å²) in [4.78, 5) is 12.9. The summed E-state index contributed by atoms with van der Waals surface area (Å²) in [6.07, 6.45) is 6.11. The average molecular weight is 385 g/mol. The zero-order valence-corrected chi connectivity index (χ0v) is 16.1. The lowest BCUT2D eigenvalue weighted by Gasteiger charge is -2.17. The zero-order valence-electron chi connectivity index (χ0n) is 15.2. The fraction of sp³-hybridized carbons (Fsp3) is 0.350. The van der Waals surface area contributed by atoms with Crippen LogP contribution in [0.2, 0.25) is 0 Å². The van der Waals surface area contributed by atoms with Crippen LogP contribution in [0.1, 0.15) is 40.7 Å². The molecule has 0 saturated carbocycles. The third-order valence-corrected chi connectivity index (χ3v) is 7.00. The number of carbonyl (C=O) groups excluding carboxylic acids is 1. The van der Waals surface area contributed by atoms with Gasteiger partial charge in [-0.3, -0.25) is 5.21 Å². The van der Waals surface area contributed by atoms with Crippen LogP contribution in [0.15, 0.2) is 39.8 Å². The van der Waals surface area contributed by atoms with Crippen molar-refractivity contribution in [2.24, 2.45) is 4.53 Å². The van der Waals surface area contributed by atoms with E-state index in [1.165, 1.54) is 22.3 Å². The van der Waals surface area contributed by atoms with Gasteiger partial charge < -0.3 is 5.32 Å². The van der Waals surface area contributed by atoms with Gasteiger partial charge in [0.1, 0.15) is 0 Å². The number of fused-ring (bicyclic) bond motifs is 2. The molecule has 2 amide bonds. The highest BCUT2D eigenvalue weighted by Gasteiger charge is 2.26. The van der Waals surface area contributed by atoms with E-state index in [-0.39, 0.29) is 4.90 Å². The van der Waals surface area contributed by atoms with Gasteiger partial charge in [-0.05, 0) is 79.8 Å².